The lowest BCUT2D eigenvalue weighted by atomic mass is 10.2. The number of anilines is 3. The van der Waals surface area contributed by atoms with E-state index in [4.69, 9.17) is 16.3 Å². The molecule has 0 aliphatic rings. The van der Waals surface area contributed by atoms with Gasteiger partial charge in [-0.05, 0) is 35.9 Å². The van der Waals surface area contributed by atoms with Crippen LogP contribution in [-0.4, -0.2) is 17.1 Å². The molecule has 0 bridgehead atoms. The topological polar surface area (TPSA) is 59.1 Å². The van der Waals surface area contributed by atoms with Gasteiger partial charge in [0.2, 0.25) is 0 Å². The van der Waals surface area contributed by atoms with Gasteiger partial charge in [-0.15, -0.1) is 0 Å². The van der Waals surface area contributed by atoms with Gasteiger partial charge in [0.05, 0.1) is 12.8 Å². The van der Waals surface area contributed by atoms with E-state index in [2.05, 4.69) is 20.6 Å². The molecule has 0 aliphatic carbocycles. The normalized spacial score (nSPS) is 10.4. The summed E-state index contributed by atoms with van der Waals surface area (Å²) in [5.74, 6) is 1.64. The van der Waals surface area contributed by atoms with Crippen molar-refractivity contribution in [2.45, 2.75) is 6.54 Å². The van der Waals surface area contributed by atoms with Crippen LogP contribution in [0.5, 0.6) is 5.75 Å². The first-order valence-corrected chi connectivity index (χ1v) is 7.93. The van der Waals surface area contributed by atoms with Crippen molar-refractivity contribution in [1.82, 2.24) is 9.97 Å². The quantitative estimate of drug-likeness (QED) is 0.672. The van der Waals surface area contributed by atoms with Crippen LogP contribution in [0.3, 0.4) is 0 Å². The van der Waals surface area contributed by atoms with Crippen LogP contribution in [0, 0.1) is 5.82 Å². The molecule has 0 fully saturated rings. The Morgan fingerprint density at radius 1 is 1.04 bits per heavy atom. The number of aromatic nitrogens is 2. The van der Waals surface area contributed by atoms with Gasteiger partial charge >= 0.3 is 0 Å². The monoisotopic (exact) mass is 358 g/mol. The fraction of sp³-hybridized carbons (Fsp3) is 0.111. The van der Waals surface area contributed by atoms with Gasteiger partial charge in [0.25, 0.3) is 0 Å². The minimum atomic E-state index is -0.257. The van der Waals surface area contributed by atoms with Gasteiger partial charge in [-0.2, -0.15) is 0 Å². The highest BCUT2D eigenvalue weighted by Crippen LogP contribution is 2.30. The SMILES string of the molecule is COc1ccc(Cl)cc1Nc1cc(NCc2ccc(F)cc2)ncn1. The second-order valence-corrected chi connectivity index (χ2v) is 5.67. The highest BCUT2D eigenvalue weighted by atomic mass is 35.5. The number of nitrogens with zero attached hydrogens (tertiary/aromatic N) is 2. The summed E-state index contributed by atoms with van der Waals surface area (Å²) in [5, 5.41) is 6.93. The zero-order valence-corrected chi connectivity index (χ0v) is 14.2. The van der Waals surface area contributed by atoms with Gasteiger partial charge in [0.1, 0.15) is 29.5 Å². The van der Waals surface area contributed by atoms with E-state index in [1.54, 1.807) is 43.5 Å². The van der Waals surface area contributed by atoms with E-state index < -0.39 is 0 Å². The Hall–Kier alpha value is -2.86. The van der Waals surface area contributed by atoms with Crippen LogP contribution in [0.2, 0.25) is 5.02 Å². The van der Waals surface area contributed by atoms with Crippen molar-refractivity contribution in [2.24, 2.45) is 0 Å². The van der Waals surface area contributed by atoms with Gasteiger partial charge in [-0.25, -0.2) is 14.4 Å². The van der Waals surface area contributed by atoms with Crippen LogP contribution in [0.25, 0.3) is 0 Å². The van der Waals surface area contributed by atoms with Crippen LogP contribution in [0.1, 0.15) is 5.56 Å². The first kappa shape index (κ1) is 17.0. The molecule has 0 saturated heterocycles. The number of methoxy groups -OCH3 is 1. The minimum absolute atomic E-state index is 0.257. The van der Waals surface area contributed by atoms with E-state index in [1.807, 2.05) is 0 Å². The largest absolute Gasteiger partial charge is 0.495 e. The Morgan fingerprint density at radius 3 is 2.56 bits per heavy atom. The molecule has 0 spiro atoms. The predicted molar refractivity (Wildman–Crippen MR) is 97.0 cm³/mol. The lowest BCUT2D eigenvalue weighted by Gasteiger charge is -2.12. The third-order valence-corrected chi connectivity index (χ3v) is 3.71. The van der Waals surface area contributed by atoms with Crippen molar-refractivity contribution >= 4 is 28.9 Å². The third kappa shape index (κ3) is 4.58. The van der Waals surface area contributed by atoms with Crippen molar-refractivity contribution in [3.63, 3.8) is 0 Å². The van der Waals surface area contributed by atoms with E-state index in [1.165, 1.54) is 18.5 Å². The molecular formula is C18H16ClFN4O. The Morgan fingerprint density at radius 2 is 1.80 bits per heavy atom. The van der Waals surface area contributed by atoms with E-state index in [0.29, 0.717) is 34.6 Å². The van der Waals surface area contributed by atoms with E-state index in [0.717, 1.165) is 5.56 Å². The van der Waals surface area contributed by atoms with Gasteiger partial charge in [-0.3, -0.25) is 0 Å². The molecule has 7 heteroatoms. The van der Waals surface area contributed by atoms with Crippen LogP contribution < -0.4 is 15.4 Å². The maximum Gasteiger partial charge on any atom is 0.142 e. The average molecular weight is 359 g/mol. The fourth-order valence-electron chi connectivity index (χ4n) is 2.23. The maximum absolute atomic E-state index is 12.9. The van der Waals surface area contributed by atoms with Crippen LogP contribution in [0.4, 0.5) is 21.7 Å². The Labute approximate surface area is 149 Å². The standard InChI is InChI=1S/C18H16ClFN4O/c1-25-16-7-4-13(19)8-15(16)24-18-9-17(22-11-23-18)21-10-12-2-5-14(20)6-3-12/h2-9,11H,10H2,1H3,(H2,21,22,23,24). The molecule has 0 unspecified atom stereocenters. The number of hydrogen-bond acceptors (Lipinski definition) is 5. The van der Waals surface area contributed by atoms with E-state index >= 15 is 0 Å². The van der Waals surface area contributed by atoms with Crippen LogP contribution in [-0.2, 0) is 6.54 Å². The molecule has 0 amide bonds. The van der Waals surface area contributed by atoms with E-state index in [9.17, 15) is 4.39 Å². The minimum Gasteiger partial charge on any atom is -0.495 e. The number of halogens is 2. The molecule has 5 nitrogen and oxygen atoms in total. The third-order valence-electron chi connectivity index (χ3n) is 3.48. The molecule has 25 heavy (non-hydrogen) atoms. The van der Waals surface area contributed by atoms with Gasteiger partial charge < -0.3 is 15.4 Å². The summed E-state index contributed by atoms with van der Waals surface area (Å²) in [6, 6.07) is 13.3. The van der Waals surface area contributed by atoms with E-state index in [-0.39, 0.29) is 5.82 Å². The molecular weight excluding hydrogens is 343 g/mol. The molecule has 3 rings (SSSR count). The summed E-state index contributed by atoms with van der Waals surface area (Å²) >= 11 is 6.03. The van der Waals surface area contributed by atoms with Gasteiger partial charge in [0, 0.05) is 17.6 Å². The molecule has 0 aliphatic heterocycles. The number of ether oxygens (including phenoxy) is 1. The van der Waals surface area contributed by atoms with Crippen molar-refractivity contribution in [1.29, 1.82) is 0 Å². The molecule has 2 N–H and O–H groups in total. The molecule has 0 saturated carbocycles. The molecule has 2 aromatic carbocycles. The number of hydrogen-bond donors (Lipinski definition) is 2. The second-order valence-electron chi connectivity index (χ2n) is 5.24. The lowest BCUT2D eigenvalue weighted by Crippen LogP contribution is -2.03. The second kappa shape index (κ2) is 7.81. The predicted octanol–water partition coefficient (Wildman–Crippen LogP) is 4.63. The van der Waals surface area contributed by atoms with Gasteiger partial charge in [-0.1, -0.05) is 23.7 Å². The summed E-state index contributed by atoms with van der Waals surface area (Å²) in [4.78, 5) is 8.38. The highest BCUT2D eigenvalue weighted by Gasteiger charge is 2.06. The molecule has 1 heterocycles. The molecule has 0 radical (unpaired) electrons. The number of nitrogens with one attached hydrogen (secondary N) is 2. The first-order chi connectivity index (χ1) is 12.1. The molecule has 1 aromatic heterocycles. The highest BCUT2D eigenvalue weighted by molar-refractivity contribution is 6.31. The lowest BCUT2D eigenvalue weighted by molar-refractivity contribution is 0.417. The summed E-state index contributed by atoms with van der Waals surface area (Å²) in [6.07, 6.45) is 1.45. The maximum atomic E-state index is 12.9. The molecule has 3 aromatic rings. The Kier molecular flexibility index (Phi) is 5.30. The first-order valence-electron chi connectivity index (χ1n) is 7.55. The van der Waals surface area contributed by atoms with Crippen molar-refractivity contribution in [3.8, 4) is 5.75 Å². The van der Waals surface area contributed by atoms with Crippen LogP contribution in [0.15, 0.2) is 54.9 Å². The van der Waals surface area contributed by atoms with Crippen molar-refractivity contribution < 1.29 is 9.13 Å². The summed E-state index contributed by atoms with van der Waals surface area (Å²) in [7, 11) is 1.59. The average Bonchev–Trinajstić information content (AvgIpc) is 2.62. The molecule has 0 atom stereocenters. The number of benzene rings is 2. The Balaban J connectivity index is 1.71. The van der Waals surface area contributed by atoms with Crippen LogP contribution >= 0.6 is 11.6 Å². The Bertz CT molecular complexity index is 858. The zero-order valence-electron chi connectivity index (χ0n) is 13.5. The fourth-order valence-corrected chi connectivity index (χ4v) is 2.41. The smallest absolute Gasteiger partial charge is 0.142 e. The van der Waals surface area contributed by atoms with Crippen molar-refractivity contribution in [3.05, 3.63) is 71.3 Å². The van der Waals surface area contributed by atoms with Gasteiger partial charge in [0.15, 0.2) is 0 Å². The summed E-state index contributed by atoms with van der Waals surface area (Å²) < 4.78 is 18.2. The van der Waals surface area contributed by atoms with Crippen molar-refractivity contribution in [2.75, 3.05) is 17.7 Å². The summed E-state index contributed by atoms with van der Waals surface area (Å²) in [6.45, 7) is 0.525. The molecule has 128 valence electrons. The number of rotatable bonds is 6. The summed E-state index contributed by atoms with van der Waals surface area (Å²) in [5.41, 5.74) is 1.66. The zero-order chi connectivity index (χ0) is 17.6.